The minimum atomic E-state index is -0.616. The SMILES string of the molecule is CN1C(=O)C(Cl)C[C-]=C1c1c(F)cccc1Br.[Y]. The van der Waals surface area contributed by atoms with Gasteiger partial charge in [0.15, 0.2) is 0 Å². The summed E-state index contributed by atoms with van der Waals surface area (Å²) in [7, 11) is 1.57. The smallest absolute Gasteiger partial charge is 0.240 e. The van der Waals surface area contributed by atoms with Gasteiger partial charge in [-0.15, -0.1) is 22.9 Å². The monoisotopic (exact) mass is 405 g/mol. The van der Waals surface area contributed by atoms with Crippen molar-refractivity contribution < 1.29 is 41.9 Å². The predicted molar refractivity (Wildman–Crippen MR) is 67.8 cm³/mol. The average Bonchev–Trinajstić information content (AvgIpc) is 2.29. The number of carbonyl (C=O) groups is 1. The van der Waals surface area contributed by atoms with E-state index in [9.17, 15) is 9.18 Å². The topological polar surface area (TPSA) is 20.3 Å². The predicted octanol–water partition coefficient (Wildman–Crippen LogP) is 3.20. The van der Waals surface area contributed by atoms with Crippen molar-refractivity contribution in [1.29, 1.82) is 0 Å². The molecular formula is C12H9BrClFNOY-. The van der Waals surface area contributed by atoms with Crippen LogP contribution in [-0.2, 0) is 37.5 Å². The van der Waals surface area contributed by atoms with E-state index < -0.39 is 11.2 Å². The van der Waals surface area contributed by atoms with E-state index in [1.165, 1.54) is 11.0 Å². The van der Waals surface area contributed by atoms with Gasteiger partial charge in [0.05, 0.1) is 5.82 Å². The van der Waals surface area contributed by atoms with Gasteiger partial charge < -0.3 is 4.90 Å². The fourth-order valence-corrected chi connectivity index (χ4v) is 2.45. The van der Waals surface area contributed by atoms with Gasteiger partial charge >= 0.3 is 0 Å². The van der Waals surface area contributed by atoms with Crippen molar-refractivity contribution in [2.24, 2.45) is 0 Å². The van der Waals surface area contributed by atoms with Crippen molar-refractivity contribution in [3.63, 3.8) is 0 Å². The molecule has 0 aliphatic carbocycles. The number of allylic oxidation sites excluding steroid dienone is 1. The van der Waals surface area contributed by atoms with Gasteiger partial charge in [-0.25, -0.2) is 10.5 Å². The fourth-order valence-electron chi connectivity index (χ4n) is 1.69. The van der Waals surface area contributed by atoms with Crippen LogP contribution in [0, 0.1) is 11.9 Å². The molecule has 1 aliphatic rings. The van der Waals surface area contributed by atoms with E-state index in [-0.39, 0.29) is 38.6 Å². The molecule has 1 atom stereocenters. The Morgan fingerprint density at radius 1 is 1.56 bits per heavy atom. The van der Waals surface area contributed by atoms with Crippen molar-refractivity contribution in [3.8, 4) is 0 Å². The van der Waals surface area contributed by atoms with Crippen LogP contribution in [0.2, 0.25) is 0 Å². The van der Waals surface area contributed by atoms with Gasteiger partial charge in [-0.05, 0) is 6.07 Å². The third-order valence-corrected chi connectivity index (χ3v) is 3.58. The summed E-state index contributed by atoms with van der Waals surface area (Å²) in [5.41, 5.74) is 0.767. The number of halogens is 3. The molecule has 1 amide bonds. The van der Waals surface area contributed by atoms with Crippen LogP contribution in [0.1, 0.15) is 12.0 Å². The Morgan fingerprint density at radius 3 is 2.83 bits per heavy atom. The van der Waals surface area contributed by atoms with Gasteiger partial charge in [0, 0.05) is 39.8 Å². The van der Waals surface area contributed by atoms with Gasteiger partial charge in [0.1, 0.15) is 5.38 Å². The molecule has 0 saturated carbocycles. The van der Waals surface area contributed by atoms with Crippen LogP contribution >= 0.6 is 27.5 Å². The maximum absolute atomic E-state index is 13.8. The van der Waals surface area contributed by atoms with Gasteiger partial charge in [0.2, 0.25) is 5.91 Å². The van der Waals surface area contributed by atoms with E-state index in [0.29, 0.717) is 22.2 Å². The summed E-state index contributed by atoms with van der Waals surface area (Å²) >= 11 is 9.10. The van der Waals surface area contributed by atoms with Crippen LogP contribution < -0.4 is 0 Å². The summed E-state index contributed by atoms with van der Waals surface area (Å²) in [6, 6.07) is 4.66. The molecular weight excluding hydrogens is 397 g/mol. The van der Waals surface area contributed by atoms with Gasteiger partial charge in [0.25, 0.3) is 0 Å². The van der Waals surface area contributed by atoms with Crippen LogP contribution in [0.3, 0.4) is 0 Å². The van der Waals surface area contributed by atoms with E-state index in [1.54, 1.807) is 19.2 Å². The van der Waals surface area contributed by atoms with E-state index in [2.05, 4.69) is 22.0 Å². The second-order valence-corrected chi connectivity index (χ2v) is 5.07. The molecule has 93 valence electrons. The number of amides is 1. The van der Waals surface area contributed by atoms with Crippen LogP contribution in [0.25, 0.3) is 5.70 Å². The Hall–Kier alpha value is 0.234. The Bertz CT molecular complexity index is 489. The molecule has 18 heavy (non-hydrogen) atoms. The molecule has 0 saturated heterocycles. The molecule has 6 heteroatoms. The quantitative estimate of drug-likeness (QED) is 0.518. The summed E-state index contributed by atoms with van der Waals surface area (Å²) in [6.07, 6.45) is 3.26. The molecule has 1 unspecified atom stereocenters. The zero-order valence-electron chi connectivity index (χ0n) is 9.58. The first-order valence-corrected chi connectivity index (χ1v) is 6.22. The second-order valence-electron chi connectivity index (χ2n) is 3.69. The summed E-state index contributed by atoms with van der Waals surface area (Å²) in [5, 5.41) is -0.616. The van der Waals surface area contributed by atoms with E-state index in [0.717, 1.165) is 0 Å². The first kappa shape index (κ1) is 16.3. The van der Waals surface area contributed by atoms with Crippen LogP contribution in [0.15, 0.2) is 22.7 Å². The van der Waals surface area contributed by atoms with E-state index in [4.69, 9.17) is 11.6 Å². The summed E-state index contributed by atoms with van der Waals surface area (Å²) < 4.78 is 14.4. The minimum Gasteiger partial charge on any atom is -0.349 e. The number of benzene rings is 1. The van der Waals surface area contributed by atoms with Crippen molar-refractivity contribution in [3.05, 3.63) is 40.1 Å². The number of carbonyl (C=O) groups excluding carboxylic acids is 1. The Kier molecular flexibility index (Phi) is 5.97. The second kappa shape index (κ2) is 6.60. The molecule has 2 nitrogen and oxygen atoms in total. The van der Waals surface area contributed by atoms with Crippen molar-refractivity contribution in [2.75, 3.05) is 7.05 Å². The van der Waals surface area contributed by atoms with Gasteiger partial charge in [-0.1, -0.05) is 39.0 Å². The number of hydrogen-bond donors (Lipinski definition) is 0. The molecule has 0 spiro atoms. The molecule has 2 rings (SSSR count). The maximum Gasteiger partial charge on any atom is 0.240 e. The normalized spacial score (nSPS) is 19.3. The fraction of sp³-hybridized carbons (Fsp3) is 0.250. The van der Waals surface area contributed by atoms with Crippen LogP contribution in [0.4, 0.5) is 4.39 Å². The number of rotatable bonds is 1. The minimum absolute atomic E-state index is 0. The first-order chi connectivity index (χ1) is 8.02. The van der Waals surface area contributed by atoms with E-state index >= 15 is 0 Å². The van der Waals surface area contributed by atoms with Crippen LogP contribution in [-0.4, -0.2) is 23.2 Å². The molecule has 1 aromatic rings. The zero-order chi connectivity index (χ0) is 12.6. The first-order valence-electron chi connectivity index (χ1n) is 4.99. The Labute approximate surface area is 144 Å². The molecule has 0 fully saturated rings. The Balaban J connectivity index is 0.00000162. The average molecular weight is 406 g/mol. The summed E-state index contributed by atoms with van der Waals surface area (Å²) in [6.45, 7) is 0. The third-order valence-electron chi connectivity index (χ3n) is 2.58. The van der Waals surface area contributed by atoms with Crippen LogP contribution in [0.5, 0.6) is 0 Å². The molecule has 0 aromatic heterocycles. The summed E-state index contributed by atoms with van der Waals surface area (Å²) in [4.78, 5) is 13.1. The molecule has 0 bridgehead atoms. The zero-order valence-corrected chi connectivity index (χ0v) is 14.8. The third kappa shape index (κ3) is 3.03. The van der Waals surface area contributed by atoms with E-state index in [1.807, 2.05) is 0 Å². The molecule has 1 heterocycles. The molecule has 1 aromatic carbocycles. The number of alkyl halides is 1. The summed E-state index contributed by atoms with van der Waals surface area (Å²) in [5.74, 6) is -0.634. The van der Waals surface area contributed by atoms with Crippen molar-refractivity contribution in [1.82, 2.24) is 4.90 Å². The molecule has 1 radical (unpaired) electrons. The molecule has 0 N–H and O–H groups in total. The number of nitrogens with zero attached hydrogens (tertiary/aromatic N) is 1. The van der Waals surface area contributed by atoms with Gasteiger partial charge in [-0.2, -0.15) is 0 Å². The van der Waals surface area contributed by atoms with Gasteiger partial charge in [-0.3, -0.25) is 4.79 Å². The maximum atomic E-state index is 13.8. The Morgan fingerprint density at radius 2 is 2.22 bits per heavy atom. The van der Waals surface area contributed by atoms with Crippen molar-refractivity contribution >= 4 is 39.1 Å². The molecule has 1 aliphatic heterocycles. The largest absolute Gasteiger partial charge is 0.349 e. The standard InChI is InChI=1S/C12H9BrClFNO.Y/c1-16-10(6-5-8(14)12(16)17)11-7(13)3-2-4-9(11)15;/h2-4,8H,5H2,1H3;/q-1;. The van der Waals surface area contributed by atoms with Crippen molar-refractivity contribution in [2.45, 2.75) is 11.8 Å². The number of hydrogen-bond acceptors (Lipinski definition) is 1.